The standard InChI is InChI=1S/C20H18N4O2/c25-19-13-5-1-2-6-14(13)20(26)24(19)12-8-9-15-17(11-12)23-18(22-15)16-7-3-4-10-21-16/h3-4,7-11,13-14H,1-2,5-6H2,(H,22,23). The molecule has 1 aliphatic carbocycles. The number of anilines is 1. The molecule has 3 aromatic rings. The molecular weight excluding hydrogens is 328 g/mol. The number of imidazole rings is 1. The molecule has 130 valence electrons. The van der Waals surface area contributed by atoms with Crippen molar-refractivity contribution in [1.29, 1.82) is 0 Å². The van der Waals surface area contributed by atoms with Gasteiger partial charge in [0.1, 0.15) is 5.69 Å². The monoisotopic (exact) mass is 346 g/mol. The molecule has 2 fully saturated rings. The van der Waals surface area contributed by atoms with Gasteiger partial charge in [0.05, 0.1) is 28.6 Å². The van der Waals surface area contributed by atoms with Crippen LogP contribution < -0.4 is 4.90 Å². The number of aromatic nitrogens is 3. The summed E-state index contributed by atoms with van der Waals surface area (Å²) in [6, 6.07) is 11.1. The number of nitrogens with one attached hydrogen (secondary N) is 1. The molecule has 0 radical (unpaired) electrons. The zero-order valence-electron chi connectivity index (χ0n) is 14.2. The van der Waals surface area contributed by atoms with Gasteiger partial charge in [0.25, 0.3) is 0 Å². The zero-order chi connectivity index (χ0) is 17.7. The number of hydrogen-bond donors (Lipinski definition) is 1. The minimum absolute atomic E-state index is 0.0560. The van der Waals surface area contributed by atoms with Gasteiger partial charge in [-0.05, 0) is 43.2 Å². The van der Waals surface area contributed by atoms with E-state index in [-0.39, 0.29) is 23.7 Å². The lowest BCUT2D eigenvalue weighted by Crippen LogP contribution is -2.30. The number of aromatic amines is 1. The molecule has 6 nitrogen and oxygen atoms in total. The van der Waals surface area contributed by atoms with Crippen molar-refractivity contribution in [3.63, 3.8) is 0 Å². The summed E-state index contributed by atoms with van der Waals surface area (Å²) in [6.45, 7) is 0. The van der Waals surface area contributed by atoms with Crippen LogP contribution in [0.2, 0.25) is 0 Å². The Kier molecular flexibility index (Phi) is 3.38. The third-order valence-electron chi connectivity index (χ3n) is 5.47. The Bertz CT molecular complexity index is 987. The Morgan fingerprint density at radius 2 is 1.77 bits per heavy atom. The molecule has 1 N–H and O–H groups in total. The number of hydrogen-bond acceptors (Lipinski definition) is 4. The minimum Gasteiger partial charge on any atom is -0.337 e. The van der Waals surface area contributed by atoms with Gasteiger partial charge in [-0.2, -0.15) is 0 Å². The molecule has 1 saturated carbocycles. The fraction of sp³-hybridized carbons (Fsp3) is 0.300. The third kappa shape index (κ3) is 2.25. The first-order valence-corrected chi connectivity index (χ1v) is 9.01. The summed E-state index contributed by atoms with van der Waals surface area (Å²) in [4.78, 5) is 39.1. The Hall–Kier alpha value is -3.02. The first-order valence-electron chi connectivity index (χ1n) is 9.01. The average Bonchev–Trinajstić information content (AvgIpc) is 3.22. The van der Waals surface area contributed by atoms with Crippen LogP contribution in [0, 0.1) is 11.8 Å². The smallest absolute Gasteiger partial charge is 0.237 e. The first kappa shape index (κ1) is 15.3. The molecule has 2 unspecified atom stereocenters. The van der Waals surface area contributed by atoms with Gasteiger partial charge in [0.2, 0.25) is 11.8 Å². The summed E-state index contributed by atoms with van der Waals surface area (Å²) < 4.78 is 0. The molecule has 2 aliphatic rings. The van der Waals surface area contributed by atoms with E-state index in [0.717, 1.165) is 42.4 Å². The molecule has 2 atom stereocenters. The predicted octanol–water partition coefficient (Wildman–Crippen LogP) is 3.30. The fourth-order valence-electron chi connectivity index (χ4n) is 4.17. The highest BCUT2D eigenvalue weighted by Crippen LogP contribution is 2.40. The van der Waals surface area contributed by atoms with Crippen LogP contribution in [0.3, 0.4) is 0 Å². The maximum Gasteiger partial charge on any atom is 0.237 e. The van der Waals surface area contributed by atoms with Gasteiger partial charge >= 0.3 is 0 Å². The van der Waals surface area contributed by atoms with Crippen molar-refractivity contribution in [3.8, 4) is 11.5 Å². The lowest BCUT2D eigenvalue weighted by atomic mass is 9.81. The number of amides is 2. The second-order valence-electron chi connectivity index (χ2n) is 7.01. The molecule has 3 heterocycles. The van der Waals surface area contributed by atoms with Gasteiger partial charge in [-0.1, -0.05) is 18.9 Å². The van der Waals surface area contributed by atoms with Crippen LogP contribution in [-0.2, 0) is 9.59 Å². The van der Waals surface area contributed by atoms with E-state index in [1.807, 2.05) is 36.4 Å². The average molecular weight is 346 g/mol. The summed E-state index contributed by atoms with van der Waals surface area (Å²) in [7, 11) is 0. The molecular formula is C20H18N4O2. The number of nitrogens with zero attached hydrogens (tertiary/aromatic N) is 3. The molecule has 26 heavy (non-hydrogen) atoms. The van der Waals surface area contributed by atoms with Crippen LogP contribution in [0.5, 0.6) is 0 Å². The van der Waals surface area contributed by atoms with E-state index in [0.29, 0.717) is 11.5 Å². The topological polar surface area (TPSA) is 79.0 Å². The van der Waals surface area contributed by atoms with E-state index in [9.17, 15) is 9.59 Å². The fourth-order valence-corrected chi connectivity index (χ4v) is 4.17. The van der Waals surface area contributed by atoms with Crippen LogP contribution in [0.4, 0.5) is 5.69 Å². The number of rotatable bonds is 2. The Morgan fingerprint density at radius 3 is 2.46 bits per heavy atom. The summed E-state index contributed by atoms with van der Waals surface area (Å²) in [5.41, 5.74) is 2.94. The number of carbonyl (C=O) groups excluding carboxylic acids is 2. The van der Waals surface area contributed by atoms with Crippen molar-refractivity contribution in [2.75, 3.05) is 4.90 Å². The lowest BCUT2D eigenvalue weighted by Gasteiger charge is -2.19. The number of carbonyl (C=O) groups is 2. The van der Waals surface area contributed by atoms with E-state index >= 15 is 0 Å². The predicted molar refractivity (Wildman–Crippen MR) is 97.3 cm³/mol. The van der Waals surface area contributed by atoms with Crippen LogP contribution in [-0.4, -0.2) is 26.8 Å². The van der Waals surface area contributed by atoms with Crippen molar-refractivity contribution < 1.29 is 9.59 Å². The molecule has 6 heteroatoms. The summed E-state index contributed by atoms with van der Waals surface area (Å²) >= 11 is 0. The summed E-state index contributed by atoms with van der Waals surface area (Å²) in [5.74, 6) is 0.273. The molecule has 2 aromatic heterocycles. The second kappa shape index (κ2) is 5.76. The van der Waals surface area contributed by atoms with E-state index in [2.05, 4.69) is 15.0 Å². The van der Waals surface area contributed by atoms with Crippen molar-refractivity contribution >= 4 is 28.5 Å². The minimum atomic E-state index is -0.143. The van der Waals surface area contributed by atoms with E-state index in [1.54, 1.807) is 6.20 Å². The molecule has 2 amide bonds. The van der Waals surface area contributed by atoms with Crippen molar-refractivity contribution in [2.24, 2.45) is 11.8 Å². The maximum absolute atomic E-state index is 12.8. The Labute approximate surface area is 150 Å². The summed E-state index contributed by atoms with van der Waals surface area (Å²) in [5, 5.41) is 0. The number of benzene rings is 1. The maximum atomic E-state index is 12.8. The zero-order valence-corrected chi connectivity index (χ0v) is 14.2. The highest BCUT2D eigenvalue weighted by Gasteiger charge is 2.48. The highest BCUT2D eigenvalue weighted by atomic mass is 16.2. The van der Waals surface area contributed by atoms with Gasteiger partial charge < -0.3 is 4.98 Å². The molecule has 0 spiro atoms. The molecule has 1 aromatic carbocycles. The molecule has 1 aliphatic heterocycles. The van der Waals surface area contributed by atoms with Gasteiger partial charge in [-0.15, -0.1) is 0 Å². The van der Waals surface area contributed by atoms with Crippen LogP contribution in [0.1, 0.15) is 25.7 Å². The SMILES string of the molecule is O=C1C2CCCCC2C(=O)N1c1ccc2[nH]c(-c3ccccn3)nc2c1. The number of fused-ring (bicyclic) bond motifs is 2. The second-order valence-corrected chi connectivity index (χ2v) is 7.01. The van der Waals surface area contributed by atoms with E-state index in [4.69, 9.17) is 0 Å². The number of imide groups is 1. The first-order chi connectivity index (χ1) is 12.7. The van der Waals surface area contributed by atoms with Crippen LogP contribution in [0.15, 0.2) is 42.6 Å². The Balaban J connectivity index is 1.54. The number of pyridine rings is 1. The summed E-state index contributed by atoms with van der Waals surface area (Å²) in [6.07, 6.45) is 5.41. The lowest BCUT2D eigenvalue weighted by molar-refractivity contribution is -0.122. The van der Waals surface area contributed by atoms with Gasteiger partial charge in [0, 0.05) is 6.20 Å². The van der Waals surface area contributed by atoms with E-state index < -0.39 is 0 Å². The highest BCUT2D eigenvalue weighted by molar-refractivity contribution is 6.22. The van der Waals surface area contributed by atoms with E-state index in [1.165, 1.54) is 4.90 Å². The van der Waals surface area contributed by atoms with Crippen molar-refractivity contribution in [3.05, 3.63) is 42.6 Å². The van der Waals surface area contributed by atoms with Gasteiger partial charge in [0.15, 0.2) is 5.82 Å². The molecule has 1 saturated heterocycles. The Morgan fingerprint density at radius 1 is 1.00 bits per heavy atom. The molecule has 5 rings (SSSR count). The van der Waals surface area contributed by atoms with Crippen molar-refractivity contribution in [2.45, 2.75) is 25.7 Å². The van der Waals surface area contributed by atoms with Crippen molar-refractivity contribution in [1.82, 2.24) is 15.0 Å². The largest absolute Gasteiger partial charge is 0.337 e. The normalized spacial score (nSPS) is 22.8. The third-order valence-corrected chi connectivity index (χ3v) is 5.47. The van der Waals surface area contributed by atoms with Crippen LogP contribution in [0.25, 0.3) is 22.6 Å². The van der Waals surface area contributed by atoms with Gasteiger partial charge in [-0.3, -0.25) is 14.6 Å². The molecule has 0 bridgehead atoms. The number of H-pyrrole nitrogens is 1. The van der Waals surface area contributed by atoms with Gasteiger partial charge in [-0.25, -0.2) is 9.88 Å². The quantitative estimate of drug-likeness (QED) is 0.722. The van der Waals surface area contributed by atoms with Crippen LogP contribution >= 0.6 is 0 Å².